The maximum atomic E-state index is 11.0. The van der Waals surface area contributed by atoms with E-state index in [1.165, 1.54) is 12.7 Å². The van der Waals surface area contributed by atoms with Gasteiger partial charge in [0.15, 0.2) is 0 Å². The molecule has 1 heteroatoms. The van der Waals surface area contributed by atoms with Gasteiger partial charge in [0.05, 0.1) is 0 Å². The first-order valence-electron chi connectivity index (χ1n) is 4.94. The van der Waals surface area contributed by atoms with E-state index in [1.54, 1.807) is 0 Å². The zero-order chi connectivity index (χ0) is 9.41. The third kappa shape index (κ3) is 1.41. The van der Waals surface area contributed by atoms with Crippen LogP contribution in [0.2, 0.25) is 0 Å². The van der Waals surface area contributed by atoms with Crippen LogP contribution in [0.5, 0.6) is 0 Å². The molecule has 1 aliphatic rings. The summed E-state index contributed by atoms with van der Waals surface area (Å²) < 4.78 is 0. The molecule has 1 nitrogen and oxygen atoms in total. The van der Waals surface area contributed by atoms with Gasteiger partial charge in [-0.3, -0.25) is 0 Å². The van der Waals surface area contributed by atoms with Crippen LogP contribution in [-0.4, -0.2) is 6.29 Å². The molecule has 12 heavy (non-hydrogen) atoms. The van der Waals surface area contributed by atoms with Crippen LogP contribution < -0.4 is 0 Å². The lowest BCUT2D eigenvalue weighted by Crippen LogP contribution is -2.14. The Morgan fingerprint density at radius 3 is 2.25 bits per heavy atom. The second kappa shape index (κ2) is 2.86. The van der Waals surface area contributed by atoms with Crippen molar-refractivity contribution < 1.29 is 4.79 Å². The number of hydrogen-bond donors (Lipinski definition) is 0. The minimum absolute atomic E-state index is 0.0302. The van der Waals surface area contributed by atoms with Gasteiger partial charge in [-0.15, -0.1) is 0 Å². The average Bonchev–Trinajstić information content (AvgIpc) is 2.54. The van der Waals surface area contributed by atoms with Crippen LogP contribution in [0.1, 0.15) is 47.0 Å². The van der Waals surface area contributed by atoms with E-state index in [0.29, 0.717) is 5.92 Å². The molecular formula is C11H20O. The van der Waals surface area contributed by atoms with Gasteiger partial charge in [0.1, 0.15) is 6.29 Å². The Balaban J connectivity index is 2.56. The summed E-state index contributed by atoms with van der Waals surface area (Å²) in [5, 5.41) is 0. The molecule has 0 spiro atoms. The fourth-order valence-corrected chi connectivity index (χ4v) is 2.11. The summed E-state index contributed by atoms with van der Waals surface area (Å²) in [7, 11) is 0. The maximum absolute atomic E-state index is 11.0. The molecule has 0 aromatic carbocycles. The molecule has 0 aliphatic heterocycles. The highest BCUT2D eigenvalue weighted by molar-refractivity contribution is 5.66. The molecule has 0 amide bonds. The third-order valence-corrected chi connectivity index (χ3v) is 3.62. The Hall–Kier alpha value is -0.330. The highest BCUT2D eigenvalue weighted by atomic mass is 16.1. The van der Waals surface area contributed by atoms with E-state index in [2.05, 4.69) is 27.7 Å². The number of carbonyl (C=O) groups excluding carboxylic acids is 1. The first-order valence-corrected chi connectivity index (χ1v) is 4.94. The zero-order valence-electron chi connectivity index (χ0n) is 8.68. The lowest BCUT2D eigenvalue weighted by molar-refractivity contribution is -0.113. The molecule has 1 fully saturated rings. The van der Waals surface area contributed by atoms with Crippen molar-refractivity contribution in [1.82, 2.24) is 0 Å². The van der Waals surface area contributed by atoms with Crippen LogP contribution >= 0.6 is 0 Å². The van der Waals surface area contributed by atoms with Gasteiger partial charge in [-0.05, 0) is 24.2 Å². The van der Waals surface area contributed by atoms with Crippen molar-refractivity contribution in [3.05, 3.63) is 0 Å². The SMILES string of the molecule is CCC(C)CC1(C=O)CC1(C)C. The van der Waals surface area contributed by atoms with E-state index in [-0.39, 0.29) is 10.8 Å². The molecule has 2 unspecified atom stereocenters. The van der Waals surface area contributed by atoms with Crippen LogP contribution in [0.3, 0.4) is 0 Å². The monoisotopic (exact) mass is 168 g/mol. The fraction of sp³-hybridized carbons (Fsp3) is 0.909. The molecule has 0 heterocycles. The Morgan fingerprint density at radius 1 is 1.50 bits per heavy atom. The first-order chi connectivity index (χ1) is 5.47. The molecule has 70 valence electrons. The van der Waals surface area contributed by atoms with Crippen molar-refractivity contribution >= 4 is 6.29 Å². The summed E-state index contributed by atoms with van der Waals surface area (Å²) in [5.74, 6) is 0.692. The maximum Gasteiger partial charge on any atom is 0.126 e. The summed E-state index contributed by atoms with van der Waals surface area (Å²) >= 11 is 0. The van der Waals surface area contributed by atoms with Gasteiger partial charge < -0.3 is 4.79 Å². The van der Waals surface area contributed by atoms with Crippen molar-refractivity contribution in [3.8, 4) is 0 Å². The Labute approximate surface area is 75.5 Å². The number of aldehydes is 1. The third-order valence-electron chi connectivity index (χ3n) is 3.62. The first kappa shape index (κ1) is 9.76. The lowest BCUT2D eigenvalue weighted by Gasteiger charge is -2.17. The van der Waals surface area contributed by atoms with Gasteiger partial charge in [-0.1, -0.05) is 34.1 Å². The van der Waals surface area contributed by atoms with Gasteiger partial charge in [-0.2, -0.15) is 0 Å². The van der Waals surface area contributed by atoms with E-state index in [0.717, 1.165) is 12.8 Å². The Kier molecular flexibility index (Phi) is 2.33. The summed E-state index contributed by atoms with van der Waals surface area (Å²) in [4.78, 5) is 11.0. The molecule has 2 atom stereocenters. The van der Waals surface area contributed by atoms with Crippen LogP contribution in [0.25, 0.3) is 0 Å². The summed E-state index contributed by atoms with van der Waals surface area (Å²) in [6.07, 6.45) is 4.55. The minimum Gasteiger partial charge on any atom is -0.303 e. The molecular weight excluding hydrogens is 148 g/mol. The molecule has 1 aliphatic carbocycles. The van der Waals surface area contributed by atoms with E-state index >= 15 is 0 Å². The van der Waals surface area contributed by atoms with E-state index < -0.39 is 0 Å². The summed E-state index contributed by atoms with van der Waals surface area (Å²) in [5.41, 5.74) is 0.306. The Bertz CT molecular complexity index is 183. The van der Waals surface area contributed by atoms with Gasteiger partial charge in [0.2, 0.25) is 0 Å². The highest BCUT2D eigenvalue weighted by Crippen LogP contribution is 2.65. The molecule has 0 aromatic rings. The largest absolute Gasteiger partial charge is 0.303 e. The minimum atomic E-state index is 0.0302. The quantitative estimate of drug-likeness (QED) is 0.590. The van der Waals surface area contributed by atoms with Crippen LogP contribution in [0.15, 0.2) is 0 Å². The molecule has 0 N–H and O–H groups in total. The normalized spacial score (nSPS) is 34.3. The average molecular weight is 168 g/mol. The molecule has 1 saturated carbocycles. The predicted molar refractivity (Wildman–Crippen MR) is 51.0 cm³/mol. The van der Waals surface area contributed by atoms with Gasteiger partial charge in [-0.25, -0.2) is 0 Å². The van der Waals surface area contributed by atoms with Crippen LogP contribution in [-0.2, 0) is 4.79 Å². The van der Waals surface area contributed by atoms with Gasteiger partial charge in [0, 0.05) is 5.41 Å². The number of hydrogen-bond acceptors (Lipinski definition) is 1. The zero-order valence-corrected chi connectivity index (χ0v) is 8.68. The smallest absolute Gasteiger partial charge is 0.126 e. The molecule has 0 bridgehead atoms. The van der Waals surface area contributed by atoms with Crippen LogP contribution in [0.4, 0.5) is 0 Å². The van der Waals surface area contributed by atoms with E-state index in [9.17, 15) is 4.79 Å². The van der Waals surface area contributed by atoms with Gasteiger partial charge >= 0.3 is 0 Å². The molecule has 0 radical (unpaired) electrons. The lowest BCUT2D eigenvalue weighted by atomic mass is 9.87. The molecule has 0 saturated heterocycles. The van der Waals surface area contributed by atoms with Crippen LogP contribution in [0, 0.1) is 16.7 Å². The van der Waals surface area contributed by atoms with E-state index in [4.69, 9.17) is 0 Å². The fourth-order valence-electron chi connectivity index (χ4n) is 2.11. The Morgan fingerprint density at radius 2 is 2.00 bits per heavy atom. The summed E-state index contributed by atoms with van der Waals surface area (Å²) in [6, 6.07) is 0. The predicted octanol–water partition coefficient (Wildman–Crippen LogP) is 3.04. The topological polar surface area (TPSA) is 17.1 Å². The van der Waals surface area contributed by atoms with E-state index in [1.807, 2.05) is 0 Å². The molecule has 0 aromatic heterocycles. The van der Waals surface area contributed by atoms with Crippen molar-refractivity contribution in [2.45, 2.75) is 47.0 Å². The summed E-state index contributed by atoms with van der Waals surface area (Å²) in [6.45, 7) is 8.83. The van der Waals surface area contributed by atoms with Crippen molar-refractivity contribution in [2.75, 3.05) is 0 Å². The second-order valence-electron chi connectivity index (χ2n) is 5.05. The number of rotatable bonds is 4. The van der Waals surface area contributed by atoms with Crippen molar-refractivity contribution in [1.29, 1.82) is 0 Å². The molecule has 1 rings (SSSR count). The highest BCUT2D eigenvalue weighted by Gasteiger charge is 2.60. The van der Waals surface area contributed by atoms with Gasteiger partial charge in [0.25, 0.3) is 0 Å². The van der Waals surface area contributed by atoms with Crippen molar-refractivity contribution in [3.63, 3.8) is 0 Å². The number of carbonyl (C=O) groups is 1. The second-order valence-corrected chi connectivity index (χ2v) is 5.05. The van der Waals surface area contributed by atoms with Crippen molar-refractivity contribution in [2.24, 2.45) is 16.7 Å². The standard InChI is InChI=1S/C11H20O/c1-5-9(2)6-11(8-12)7-10(11,3)4/h8-9H,5-7H2,1-4H3.